The molecule has 0 radical (unpaired) electrons. The van der Waals surface area contributed by atoms with Crippen LogP contribution in [0.4, 0.5) is 0 Å². The Hall–Kier alpha value is -5.28. The zero-order valence-electron chi connectivity index (χ0n) is 24.8. The van der Waals surface area contributed by atoms with Crippen LogP contribution in [0.3, 0.4) is 0 Å². The van der Waals surface area contributed by atoms with Crippen molar-refractivity contribution in [1.82, 2.24) is 0 Å². The van der Waals surface area contributed by atoms with Crippen LogP contribution in [0, 0.1) is 0 Å². The van der Waals surface area contributed by atoms with Crippen molar-refractivity contribution >= 4 is 85.2 Å². The normalized spacial score (nSPS) is 11.9. The molecule has 8 aromatic carbocycles. The van der Waals surface area contributed by atoms with Crippen molar-refractivity contribution in [2.75, 3.05) is 0 Å². The van der Waals surface area contributed by atoms with Gasteiger partial charge in [0, 0.05) is 40.7 Å². The first-order valence-electron chi connectivity index (χ1n) is 15.7. The van der Waals surface area contributed by atoms with Crippen LogP contribution in [0.1, 0.15) is 0 Å². The SMILES string of the molecule is c1ccc(-c2cc3c(-c4c5ccccc5c(-c5ccc6ccccc6c5)c5ccccc45)c4c(cc3s2)sc2ccccc24)cc1. The molecule has 214 valence electrons. The van der Waals surface area contributed by atoms with Crippen LogP contribution < -0.4 is 0 Å². The highest BCUT2D eigenvalue weighted by atomic mass is 32.1. The van der Waals surface area contributed by atoms with Gasteiger partial charge in [0.1, 0.15) is 0 Å². The smallest absolute Gasteiger partial charge is 0.0376 e. The minimum Gasteiger partial charge on any atom is -0.135 e. The van der Waals surface area contributed by atoms with E-state index in [0.717, 1.165) is 0 Å². The van der Waals surface area contributed by atoms with Gasteiger partial charge in [-0.05, 0) is 78.8 Å². The number of fused-ring (bicyclic) bond motifs is 7. The van der Waals surface area contributed by atoms with Gasteiger partial charge in [-0.15, -0.1) is 22.7 Å². The summed E-state index contributed by atoms with van der Waals surface area (Å²) in [5, 5.41) is 11.7. The third kappa shape index (κ3) is 3.84. The standard InChI is InChI=1S/C44H26S2/c1-2-13-28(14-3-1)38-25-36-39(46-38)26-40-43(35-20-10-11-21-37(35)45-40)44(36)42-33-18-8-6-16-31(33)41(32-17-7-9-19-34(32)42)30-23-22-27-12-4-5-15-29(27)24-30/h1-26H. The third-order valence-electron chi connectivity index (χ3n) is 9.44. The summed E-state index contributed by atoms with van der Waals surface area (Å²) >= 11 is 3.81. The molecule has 0 saturated carbocycles. The van der Waals surface area contributed by atoms with E-state index in [0.29, 0.717) is 0 Å². The molecule has 0 spiro atoms. The molecule has 0 unspecified atom stereocenters. The third-order valence-corrected chi connectivity index (χ3v) is 11.7. The first kappa shape index (κ1) is 26.0. The molecular weight excluding hydrogens is 593 g/mol. The van der Waals surface area contributed by atoms with E-state index in [1.807, 2.05) is 22.7 Å². The quantitative estimate of drug-likeness (QED) is 0.173. The van der Waals surface area contributed by atoms with Crippen molar-refractivity contribution in [3.63, 3.8) is 0 Å². The fraction of sp³-hybridized carbons (Fsp3) is 0. The minimum absolute atomic E-state index is 1.25. The van der Waals surface area contributed by atoms with Crippen molar-refractivity contribution in [3.8, 4) is 32.7 Å². The average molecular weight is 619 g/mol. The van der Waals surface area contributed by atoms with Crippen molar-refractivity contribution in [3.05, 3.63) is 158 Å². The summed E-state index contributed by atoms with van der Waals surface area (Å²) in [5.74, 6) is 0. The van der Waals surface area contributed by atoms with E-state index in [-0.39, 0.29) is 0 Å². The Kier molecular flexibility index (Phi) is 5.72. The zero-order valence-corrected chi connectivity index (χ0v) is 26.5. The molecule has 46 heavy (non-hydrogen) atoms. The minimum atomic E-state index is 1.25. The Labute approximate surface area is 274 Å². The first-order valence-corrected chi connectivity index (χ1v) is 17.3. The van der Waals surface area contributed by atoms with Crippen molar-refractivity contribution in [2.24, 2.45) is 0 Å². The van der Waals surface area contributed by atoms with Crippen LogP contribution in [0.5, 0.6) is 0 Å². The molecule has 2 aromatic heterocycles. The van der Waals surface area contributed by atoms with E-state index < -0.39 is 0 Å². The van der Waals surface area contributed by atoms with E-state index in [4.69, 9.17) is 0 Å². The average Bonchev–Trinajstić information content (AvgIpc) is 3.71. The Morgan fingerprint density at radius 1 is 0.304 bits per heavy atom. The van der Waals surface area contributed by atoms with E-state index in [2.05, 4.69) is 158 Å². The molecule has 0 amide bonds. The Morgan fingerprint density at radius 3 is 1.65 bits per heavy atom. The highest BCUT2D eigenvalue weighted by Gasteiger charge is 2.23. The van der Waals surface area contributed by atoms with Gasteiger partial charge in [0.25, 0.3) is 0 Å². The molecule has 10 rings (SSSR count). The van der Waals surface area contributed by atoms with Gasteiger partial charge >= 0.3 is 0 Å². The van der Waals surface area contributed by atoms with Gasteiger partial charge in [0.2, 0.25) is 0 Å². The maximum atomic E-state index is 2.44. The summed E-state index contributed by atoms with van der Waals surface area (Å²) in [6.07, 6.45) is 0. The molecule has 0 aliphatic rings. The van der Waals surface area contributed by atoms with Crippen LogP contribution in [0.2, 0.25) is 0 Å². The van der Waals surface area contributed by atoms with Gasteiger partial charge in [-0.2, -0.15) is 0 Å². The lowest BCUT2D eigenvalue weighted by Gasteiger charge is -2.19. The van der Waals surface area contributed by atoms with Crippen molar-refractivity contribution < 1.29 is 0 Å². The molecule has 0 atom stereocenters. The number of thiophene rings is 2. The maximum absolute atomic E-state index is 2.44. The van der Waals surface area contributed by atoms with Gasteiger partial charge in [-0.25, -0.2) is 0 Å². The molecule has 10 aromatic rings. The van der Waals surface area contributed by atoms with E-state index in [1.54, 1.807) is 0 Å². The summed E-state index contributed by atoms with van der Waals surface area (Å²) in [6, 6.07) is 58.3. The predicted molar refractivity (Wildman–Crippen MR) is 204 cm³/mol. The van der Waals surface area contributed by atoms with Crippen molar-refractivity contribution in [1.29, 1.82) is 0 Å². The molecule has 2 heterocycles. The summed E-state index contributed by atoms with van der Waals surface area (Å²) in [6.45, 7) is 0. The van der Waals surface area contributed by atoms with E-state index >= 15 is 0 Å². The van der Waals surface area contributed by atoms with Gasteiger partial charge in [0.05, 0.1) is 0 Å². The fourth-order valence-electron chi connectivity index (χ4n) is 7.44. The summed E-state index contributed by atoms with van der Waals surface area (Å²) in [7, 11) is 0. The summed E-state index contributed by atoms with van der Waals surface area (Å²) in [4.78, 5) is 1.31. The molecule has 0 saturated heterocycles. The lowest BCUT2D eigenvalue weighted by molar-refractivity contribution is 1.69. The lowest BCUT2D eigenvalue weighted by atomic mass is 9.83. The van der Waals surface area contributed by atoms with Gasteiger partial charge in [-0.1, -0.05) is 133 Å². The van der Waals surface area contributed by atoms with Crippen LogP contribution in [0.25, 0.3) is 95.3 Å². The van der Waals surface area contributed by atoms with Crippen LogP contribution >= 0.6 is 22.7 Å². The van der Waals surface area contributed by atoms with Gasteiger partial charge < -0.3 is 0 Å². The summed E-state index contributed by atoms with van der Waals surface area (Å²) < 4.78 is 4.01. The molecule has 0 N–H and O–H groups in total. The number of hydrogen-bond donors (Lipinski definition) is 0. The zero-order chi connectivity index (χ0) is 30.2. The van der Waals surface area contributed by atoms with E-state index in [9.17, 15) is 0 Å². The maximum Gasteiger partial charge on any atom is 0.0376 e. The highest BCUT2D eigenvalue weighted by Crippen LogP contribution is 2.52. The number of benzene rings is 8. The molecule has 0 bridgehead atoms. The highest BCUT2D eigenvalue weighted by molar-refractivity contribution is 7.27. The van der Waals surface area contributed by atoms with Crippen molar-refractivity contribution in [2.45, 2.75) is 0 Å². The molecule has 0 aliphatic heterocycles. The second-order valence-corrected chi connectivity index (χ2v) is 14.2. The van der Waals surface area contributed by atoms with E-state index in [1.165, 1.54) is 95.3 Å². The molecule has 0 nitrogen and oxygen atoms in total. The van der Waals surface area contributed by atoms with Gasteiger partial charge in [0.15, 0.2) is 0 Å². The molecular formula is C44H26S2. The Morgan fingerprint density at radius 2 is 0.913 bits per heavy atom. The van der Waals surface area contributed by atoms with Crippen LogP contribution in [-0.4, -0.2) is 0 Å². The summed E-state index contributed by atoms with van der Waals surface area (Å²) in [5.41, 5.74) is 6.50. The first-order chi connectivity index (χ1) is 22.8. The van der Waals surface area contributed by atoms with Crippen LogP contribution in [0.15, 0.2) is 158 Å². The topological polar surface area (TPSA) is 0 Å². The van der Waals surface area contributed by atoms with Crippen LogP contribution in [-0.2, 0) is 0 Å². The second-order valence-electron chi connectivity index (χ2n) is 12.0. The number of rotatable bonds is 3. The van der Waals surface area contributed by atoms with Gasteiger partial charge in [-0.3, -0.25) is 0 Å². The fourth-order valence-corrected chi connectivity index (χ4v) is 9.79. The largest absolute Gasteiger partial charge is 0.135 e. The molecule has 0 fully saturated rings. The number of hydrogen-bond acceptors (Lipinski definition) is 2. The lowest BCUT2D eigenvalue weighted by Crippen LogP contribution is -1.92. The monoisotopic (exact) mass is 618 g/mol. The second kappa shape index (κ2) is 10.1. The predicted octanol–water partition coefficient (Wildman–Crippen LogP) is 13.7. The Bertz CT molecular complexity index is 2740. The molecule has 2 heteroatoms. The Balaban J connectivity index is 1.40. The molecule has 0 aliphatic carbocycles.